The van der Waals surface area contributed by atoms with Gasteiger partial charge in [0.15, 0.2) is 0 Å². The fourth-order valence-electron chi connectivity index (χ4n) is 1.64. The van der Waals surface area contributed by atoms with Gasteiger partial charge in [0.1, 0.15) is 22.3 Å². The maximum atomic E-state index is 13.7. The second-order valence-corrected chi connectivity index (χ2v) is 5.17. The average molecular weight is 302 g/mol. The van der Waals surface area contributed by atoms with Crippen molar-refractivity contribution in [1.82, 2.24) is 0 Å². The fraction of sp³-hybridized carbons (Fsp3) is 0.500. The zero-order valence-corrected chi connectivity index (χ0v) is 12.5. The minimum absolute atomic E-state index is 0.0276. The molecule has 0 fully saturated rings. The molecule has 0 unspecified atom stereocenters. The highest BCUT2D eigenvalue weighted by Gasteiger charge is 2.11. The van der Waals surface area contributed by atoms with E-state index in [0.29, 0.717) is 13.2 Å². The largest absolute Gasteiger partial charge is 0.389 e. The highest BCUT2D eigenvalue weighted by atomic mass is 32.1. The number of anilines is 1. The van der Waals surface area contributed by atoms with E-state index in [2.05, 4.69) is 5.32 Å². The molecule has 0 bridgehead atoms. The van der Waals surface area contributed by atoms with Gasteiger partial charge < -0.3 is 15.8 Å². The van der Waals surface area contributed by atoms with Crippen molar-refractivity contribution >= 4 is 22.9 Å². The molecule has 0 radical (unpaired) electrons. The van der Waals surface area contributed by atoms with Crippen molar-refractivity contribution in [3.63, 3.8) is 0 Å². The summed E-state index contributed by atoms with van der Waals surface area (Å²) in [6.45, 7) is 5.05. The summed E-state index contributed by atoms with van der Waals surface area (Å²) in [5, 5.41) is 2.75. The van der Waals surface area contributed by atoms with Gasteiger partial charge in [-0.1, -0.05) is 12.2 Å². The van der Waals surface area contributed by atoms with Crippen LogP contribution in [0, 0.1) is 11.6 Å². The highest BCUT2D eigenvalue weighted by molar-refractivity contribution is 7.80. The first-order valence-corrected chi connectivity index (χ1v) is 6.97. The molecule has 0 aliphatic carbocycles. The molecule has 0 atom stereocenters. The molecule has 6 heteroatoms. The number of unbranched alkanes of at least 4 members (excludes halogenated alkanes) is 1. The lowest BCUT2D eigenvalue weighted by Crippen LogP contribution is -2.13. The maximum absolute atomic E-state index is 13.7. The van der Waals surface area contributed by atoms with E-state index >= 15 is 0 Å². The summed E-state index contributed by atoms with van der Waals surface area (Å²) >= 11 is 4.69. The van der Waals surface area contributed by atoms with E-state index in [1.54, 1.807) is 0 Å². The van der Waals surface area contributed by atoms with Crippen LogP contribution in [0.5, 0.6) is 0 Å². The van der Waals surface area contributed by atoms with Gasteiger partial charge in [0, 0.05) is 18.7 Å². The van der Waals surface area contributed by atoms with Crippen LogP contribution in [0.15, 0.2) is 12.1 Å². The molecule has 0 aliphatic rings. The molecule has 20 heavy (non-hydrogen) atoms. The Morgan fingerprint density at radius 2 is 1.90 bits per heavy atom. The molecule has 1 aromatic carbocycles. The van der Waals surface area contributed by atoms with E-state index in [-0.39, 0.29) is 22.3 Å². The Kier molecular flexibility index (Phi) is 6.81. The van der Waals surface area contributed by atoms with Crippen LogP contribution in [0.25, 0.3) is 0 Å². The van der Waals surface area contributed by atoms with Crippen LogP contribution in [0.3, 0.4) is 0 Å². The number of nitrogens with two attached hydrogens (primary N) is 1. The van der Waals surface area contributed by atoms with Crippen molar-refractivity contribution in [1.29, 1.82) is 0 Å². The van der Waals surface area contributed by atoms with Crippen LogP contribution >= 0.6 is 12.2 Å². The van der Waals surface area contributed by atoms with E-state index in [0.717, 1.165) is 25.0 Å². The molecular weight excluding hydrogens is 282 g/mol. The molecule has 112 valence electrons. The summed E-state index contributed by atoms with van der Waals surface area (Å²) in [5.74, 6) is -1.38. The predicted octanol–water partition coefficient (Wildman–Crippen LogP) is 3.22. The molecule has 0 saturated carbocycles. The number of thiocarbonyl (C=S) groups is 1. The zero-order chi connectivity index (χ0) is 15.1. The Hall–Kier alpha value is -1.27. The van der Waals surface area contributed by atoms with Crippen molar-refractivity contribution in [2.45, 2.75) is 32.8 Å². The van der Waals surface area contributed by atoms with Gasteiger partial charge in [-0.15, -0.1) is 0 Å². The van der Waals surface area contributed by atoms with Crippen molar-refractivity contribution in [2.24, 2.45) is 5.73 Å². The van der Waals surface area contributed by atoms with Gasteiger partial charge in [-0.25, -0.2) is 8.78 Å². The summed E-state index contributed by atoms with van der Waals surface area (Å²) in [6, 6.07) is 2.27. The SMILES string of the molecule is CC(C)OCCCCNc1c(F)cc(C(N)=S)cc1F. The number of halogens is 2. The molecule has 1 rings (SSSR count). The molecular formula is C14H20F2N2OS. The minimum Gasteiger partial charge on any atom is -0.389 e. The Balaban J connectivity index is 2.46. The van der Waals surface area contributed by atoms with Gasteiger partial charge in [0.25, 0.3) is 0 Å². The van der Waals surface area contributed by atoms with E-state index < -0.39 is 11.6 Å². The van der Waals surface area contributed by atoms with Gasteiger partial charge in [-0.05, 0) is 38.8 Å². The Morgan fingerprint density at radius 1 is 1.30 bits per heavy atom. The Labute approximate surface area is 123 Å². The molecule has 0 saturated heterocycles. The first-order valence-electron chi connectivity index (χ1n) is 6.56. The number of ether oxygens (including phenoxy) is 1. The van der Waals surface area contributed by atoms with E-state index in [1.807, 2.05) is 13.8 Å². The molecule has 3 nitrogen and oxygen atoms in total. The monoisotopic (exact) mass is 302 g/mol. The normalized spacial score (nSPS) is 10.8. The minimum atomic E-state index is -0.689. The van der Waals surface area contributed by atoms with Crippen molar-refractivity contribution in [3.05, 3.63) is 29.3 Å². The lowest BCUT2D eigenvalue weighted by atomic mass is 10.2. The van der Waals surface area contributed by atoms with Crippen LogP contribution in [0.4, 0.5) is 14.5 Å². The smallest absolute Gasteiger partial charge is 0.150 e. The summed E-state index contributed by atoms with van der Waals surface area (Å²) < 4.78 is 32.8. The number of benzene rings is 1. The van der Waals surface area contributed by atoms with E-state index in [9.17, 15) is 8.78 Å². The van der Waals surface area contributed by atoms with Crippen LogP contribution in [-0.2, 0) is 4.74 Å². The van der Waals surface area contributed by atoms with Gasteiger partial charge in [-0.3, -0.25) is 0 Å². The Bertz CT molecular complexity index is 443. The molecule has 0 spiro atoms. The fourth-order valence-corrected chi connectivity index (χ4v) is 1.76. The number of nitrogens with one attached hydrogen (secondary N) is 1. The lowest BCUT2D eigenvalue weighted by molar-refractivity contribution is 0.0765. The van der Waals surface area contributed by atoms with Gasteiger partial charge >= 0.3 is 0 Å². The predicted molar refractivity (Wildman–Crippen MR) is 81.1 cm³/mol. The third-order valence-electron chi connectivity index (χ3n) is 2.65. The molecule has 0 aromatic heterocycles. The quantitative estimate of drug-likeness (QED) is 0.572. The van der Waals surface area contributed by atoms with Gasteiger partial charge in [0.05, 0.1) is 6.10 Å². The van der Waals surface area contributed by atoms with Gasteiger partial charge in [-0.2, -0.15) is 0 Å². The third-order valence-corrected chi connectivity index (χ3v) is 2.89. The zero-order valence-electron chi connectivity index (χ0n) is 11.7. The van der Waals surface area contributed by atoms with E-state index in [4.69, 9.17) is 22.7 Å². The number of hydrogen-bond donors (Lipinski definition) is 2. The first-order chi connectivity index (χ1) is 9.41. The molecule has 0 heterocycles. The lowest BCUT2D eigenvalue weighted by Gasteiger charge is -2.11. The average Bonchev–Trinajstić information content (AvgIpc) is 2.35. The van der Waals surface area contributed by atoms with Crippen LogP contribution in [0.2, 0.25) is 0 Å². The second-order valence-electron chi connectivity index (χ2n) is 4.73. The molecule has 3 N–H and O–H groups in total. The van der Waals surface area contributed by atoms with Gasteiger partial charge in [0.2, 0.25) is 0 Å². The summed E-state index contributed by atoms with van der Waals surface area (Å²) in [6.07, 6.45) is 1.80. The third kappa shape index (κ3) is 5.38. The van der Waals surface area contributed by atoms with Crippen molar-refractivity contribution < 1.29 is 13.5 Å². The number of hydrogen-bond acceptors (Lipinski definition) is 3. The van der Waals surface area contributed by atoms with Crippen LogP contribution in [-0.4, -0.2) is 24.2 Å². The van der Waals surface area contributed by atoms with Crippen LogP contribution < -0.4 is 11.1 Å². The van der Waals surface area contributed by atoms with E-state index in [1.165, 1.54) is 0 Å². The number of rotatable bonds is 8. The van der Waals surface area contributed by atoms with Crippen LogP contribution in [0.1, 0.15) is 32.3 Å². The summed E-state index contributed by atoms with van der Waals surface area (Å²) in [5.41, 5.74) is 5.39. The maximum Gasteiger partial charge on any atom is 0.150 e. The molecule has 1 aromatic rings. The van der Waals surface area contributed by atoms with Crippen molar-refractivity contribution in [3.8, 4) is 0 Å². The van der Waals surface area contributed by atoms with Crippen molar-refractivity contribution in [2.75, 3.05) is 18.5 Å². The Morgan fingerprint density at radius 3 is 2.40 bits per heavy atom. The molecule has 0 aliphatic heterocycles. The summed E-state index contributed by atoms with van der Waals surface area (Å²) in [4.78, 5) is -0.0276. The second kappa shape index (κ2) is 8.11. The highest BCUT2D eigenvalue weighted by Crippen LogP contribution is 2.20. The first kappa shape index (κ1) is 16.8. The molecule has 0 amide bonds. The summed E-state index contributed by atoms with van der Waals surface area (Å²) in [7, 11) is 0. The standard InChI is InChI=1S/C14H20F2N2OS/c1-9(2)19-6-4-3-5-18-13-11(15)7-10(14(17)20)8-12(13)16/h7-9,18H,3-6H2,1-2H3,(H2,17,20). The topological polar surface area (TPSA) is 47.3 Å².